The third-order valence-corrected chi connectivity index (χ3v) is 4.55. The Morgan fingerprint density at radius 2 is 2.00 bits per heavy atom. The Morgan fingerprint density at radius 1 is 1.31 bits per heavy atom. The zero-order valence-corrected chi connectivity index (χ0v) is 7.95. The lowest BCUT2D eigenvalue weighted by Crippen LogP contribution is -2.54. The Hall–Kier alpha value is -0.180. The first-order valence-electron chi connectivity index (χ1n) is 5.17. The summed E-state index contributed by atoms with van der Waals surface area (Å²) in [6.07, 6.45) is 3.09. The predicted molar refractivity (Wildman–Crippen MR) is 45.8 cm³/mol. The summed E-state index contributed by atoms with van der Waals surface area (Å²) in [5, 5.41) is 0. The van der Waals surface area contributed by atoms with Crippen molar-refractivity contribution in [2.24, 2.45) is 5.41 Å². The molecule has 2 atom stereocenters. The van der Waals surface area contributed by atoms with Crippen LogP contribution in [0.1, 0.15) is 32.6 Å². The smallest absolute Gasteiger partial charge is 0.255 e. The Balaban J connectivity index is 1.86. The maximum absolute atomic E-state index is 13.1. The zero-order chi connectivity index (χ0) is 9.32. The number of rotatable bonds is 1. The van der Waals surface area contributed by atoms with Gasteiger partial charge in [0.15, 0.2) is 0 Å². The van der Waals surface area contributed by atoms with Crippen LogP contribution in [0.2, 0.25) is 0 Å². The fourth-order valence-electron chi connectivity index (χ4n) is 3.35. The lowest BCUT2D eigenvalue weighted by Gasteiger charge is -2.47. The second-order valence-corrected chi connectivity index (χ2v) is 5.09. The highest BCUT2D eigenvalue weighted by molar-refractivity contribution is 5.23. The van der Waals surface area contributed by atoms with Crippen LogP contribution in [-0.4, -0.2) is 29.5 Å². The summed E-state index contributed by atoms with van der Waals surface area (Å²) in [4.78, 5) is 2.29. The summed E-state index contributed by atoms with van der Waals surface area (Å²) in [6.45, 7) is 3.84. The monoisotopic (exact) mass is 187 g/mol. The van der Waals surface area contributed by atoms with Crippen LogP contribution in [0.15, 0.2) is 0 Å². The quantitative estimate of drug-likeness (QED) is 0.608. The maximum atomic E-state index is 13.1. The van der Waals surface area contributed by atoms with Crippen LogP contribution < -0.4 is 0 Å². The number of fused-ring (bicyclic) bond motifs is 1. The van der Waals surface area contributed by atoms with Crippen LogP contribution in [-0.2, 0) is 0 Å². The summed E-state index contributed by atoms with van der Waals surface area (Å²) < 4.78 is 26.3. The van der Waals surface area contributed by atoms with Crippen molar-refractivity contribution in [3.05, 3.63) is 0 Å². The SMILES string of the molecule is CC[C@@]12CCN1CC1(CC1(F)F)C2. The van der Waals surface area contributed by atoms with Crippen molar-refractivity contribution in [2.75, 3.05) is 13.1 Å². The summed E-state index contributed by atoms with van der Waals surface area (Å²) in [5.74, 6) is -2.34. The molecule has 0 aromatic heterocycles. The van der Waals surface area contributed by atoms with Crippen molar-refractivity contribution in [1.29, 1.82) is 0 Å². The van der Waals surface area contributed by atoms with Gasteiger partial charge in [-0.1, -0.05) is 6.92 Å². The van der Waals surface area contributed by atoms with E-state index < -0.39 is 11.3 Å². The molecule has 0 N–H and O–H groups in total. The van der Waals surface area contributed by atoms with Crippen molar-refractivity contribution in [2.45, 2.75) is 44.1 Å². The van der Waals surface area contributed by atoms with Crippen molar-refractivity contribution in [3.8, 4) is 0 Å². The number of nitrogens with zero attached hydrogens (tertiary/aromatic N) is 1. The Kier molecular flexibility index (Phi) is 1.21. The van der Waals surface area contributed by atoms with E-state index in [9.17, 15) is 8.78 Å². The molecule has 0 aromatic rings. The highest BCUT2D eigenvalue weighted by atomic mass is 19.3. The minimum absolute atomic E-state index is 0.151. The van der Waals surface area contributed by atoms with E-state index in [0.29, 0.717) is 6.54 Å². The van der Waals surface area contributed by atoms with Gasteiger partial charge in [-0.25, -0.2) is 8.78 Å². The minimum Gasteiger partial charge on any atom is -0.297 e. The van der Waals surface area contributed by atoms with Crippen molar-refractivity contribution >= 4 is 0 Å². The van der Waals surface area contributed by atoms with E-state index in [2.05, 4.69) is 11.8 Å². The van der Waals surface area contributed by atoms with Gasteiger partial charge in [0.1, 0.15) is 0 Å². The summed E-state index contributed by atoms with van der Waals surface area (Å²) in [7, 11) is 0. The van der Waals surface area contributed by atoms with E-state index in [0.717, 1.165) is 25.8 Å². The molecule has 2 saturated heterocycles. The Labute approximate surface area is 77.1 Å². The van der Waals surface area contributed by atoms with Crippen LogP contribution in [0, 0.1) is 5.41 Å². The van der Waals surface area contributed by atoms with E-state index in [1.165, 1.54) is 0 Å². The molecule has 3 aliphatic rings. The van der Waals surface area contributed by atoms with Gasteiger partial charge in [0.25, 0.3) is 5.92 Å². The average Bonchev–Trinajstić information content (AvgIpc) is 2.50. The topological polar surface area (TPSA) is 3.24 Å². The molecule has 3 heteroatoms. The molecule has 2 aliphatic heterocycles. The molecule has 3 fully saturated rings. The number of alkyl halides is 2. The third kappa shape index (κ3) is 0.756. The van der Waals surface area contributed by atoms with Crippen molar-refractivity contribution in [1.82, 2.24) is 4.90 Å². The molecular weight excluding hydrogens is 172 g/mol. The zero-order valence-electron chi connectivity index (χ0n) is 7.95. The minimum atomic E-state index is -2.34. The molecule has 3 rings (SSSR count). The van der Waals surface area contributed by atoms with Gasteiger partial charge in [-0.15, -0.1) is 0 Å². The molecular formula is C10H15F2N. The second-order valence-electron chi connectivity index (χ2n) is 5.09. The summed E-state index contributed by atoms with van der Waals surface area (Å²) in [5.41, 5.74) is -0.417. The van der Waals surface area contributed by atoms with Gasteiger partial charge in [0.05, 0.1) is 5.41 Å². The van der Waals surface area contributed by atoms with Gasteiger partial charge in [-0.3, -0.25) is 4.90 Å². The molecule has 74 valence electrons. The average molecular weight is 187 g/mol. The van der Waals surface area contributed by atoms with Gasteiger partial charge in [-0.05, 0) is 19.3 Å². The van der Waals surface area contributed by atoms with Gasteiger partial charge in [-0.2, -0.15) is 0 Å². The first kappa shape index (κ1) is 8.16. The van der Waals surface area contributed by atoms with Crippen LogP contribution in [0.25, 0.3) is 0 Å². The van der Waals surface area contributed by atoms with Crippen molar-refractivity contribution in [3.63, 3.8) is 0 Å². The van der Waals surface area contributed by atoms with Gasteiger partial charge >= 0.3 is 0 Å². The van der Waals surface area contributed by atoms with Crippen LogP contribution in [0.3, 0.4) is 0 Å². The molecule has 0 amide bonds. The predicted octanol–water partition coefficient (Wildman–Crippen LogP) is 2.27. The normalized spacial score (nSPS) is 51.9. The molecule has 13 heavy (non-hydrogen) atoms. The fourth-order valence-corrected chi connectivity index (χ4v) is 3.35. The standard InChI is InChI=1S/C10H15F2N/c1-2-9-3-4-13(9)7-8(5-9)6-10(8,11)12/h2-7H2,1H3/t8?,9-/m0/s1. The van der Waals surface area contributed by atoms with Crippen LogP contribution in [0.5, 0.6) is 0 Å². The Bertz CT molecular complexity index is 262. The van der Waals surface area contributed by atoms with E-state index >= 15 is 0 Å². The van der Waals surface area contributed by atoms with Crippen LogP contribution >= 0.6 is 0 Å². The molecule has 2 heterocycles. The number of halogens is 2. The number of hydrogen-bond donors (Lipinski definition) is 0. The molecule has 0 bridgehead atoms. The first-order valence-corrected chi connectivity index (χ1v) is 5.17. The van der Waals surface area contributed by atoms with E-state index in [1.807, 2.05) is 0 Å². The molecule has 1 spiro atoms. The van der Waals surface area contributed by atoms with Gasteiger partial charge in [0.2, 0.25) is 0 Å². The summed E-state index contributed by atoms with van der Waals surface area (Å²) >= 11 is 0. The molecule has 0 radical (unpaired) electrons. The third-order valence-electron chi connectivity index (χ3n) is 4.55. The van der Waals surface area contributed by atoms with Crippen LogP contribution in [0.4, 0.5) is 8.78 Å². The molecule has 1 saturated carbocycles. The van der Waals surface area contributed by atoms with E-state index in [1.54, 1.807) is 0 Å². The van der Waals surface area contributed by atoms with Gasteiger partial charge < -0.3 is 0 Å². The molecule has 1 aliphatic carbocycles. The molecule has 1 unspecified atom stereocenters. The van der Waals surface area contributed by atoms with Gasteiger partial charge in [0, 0.05) is 25.0 Å². The second kappa shape index (κ2) is 1.92. The lowest BCUT2D eigenvalue weighted by atomic mass is 9.80. The number of hydrogen-bond acceptors (Lipinski definition) is 1. The summed E-state index contributed by atoms with van der Waals surface area (Å²) in [6, 6.07) is 0. The van der Waals surface area contributed by atoms with E-state index in [4.69, 9.17) is 0 Å². The first-order chi connectivity index (χ1) is 6.04. The molecule has 1 nitrogen and oxygen atoms in total. The highest BCUT2D eigenvalue weighted by Crippen LogP contribution is 2.70. The molecule has 0 aromatic carbocycles. The fraction of sp³-hybridized carbons (Fsp3) is 1.00. The maximum Gasteiger partial charge on any atom is 0.255 e. The van der Waals surface area contributed by atoms with E-state index in [-0.39, 0.29) is 12.0 Å². The van der Waals surface area contributed by atoms with Crippen molar-refractivity contribution < 1.29 is 8.78 Å². The Morgan fingerprint density at radius 3 is 2.31 bits per heavy atom. The largest absolute Gasteiger partial charge is 0.297 e. The highest BCUT2D eigenvalue weighted by Gasteiger charge is 2.77. The lowest BCUT2D eigenvalue weighted by molar-refractivity contribution is 0.0243.